The van der Waals surface area contributed by atoms with E-state index in [0.717, 1.165) is 11.1 Å². The normalized spacial score (nSPS) is 10.4. The molecule has 0 saturated carbocycles. The molecule has 22 heavy (non-hydrogen) atoms. The van der Waals surface area contributed by atoms with Gasteiger partial charge in [0.2, 0.25) is 5.91 Å². The summed E-state index contributed by atoms with van der Waals surface area (Å²) >= 11 is 12.1. The number of hydrogen-bond acceptors (Lipinski definition) is 2. The van der Waals surface area contributed by atoms with Crippen molar-refractivity contribution in [3.8, 4) is 5.75 Å². The van der Waals surface area contributed by atoms with Gasteiger partial charge in [-0.25, -0.2) is 0 Å². The van der Waals surface area contributed by atoms with Crippen LogP contribution >= 0.6 is 23.2 Å². The summed E-state index contributed by atoms with van der Waals surface area (Å²) in [5.41, 5.74) is 2.58. The third-order valence-electron chi connectivity index (χ3n) is 3.28. The number of benzene rings is 2. The number of halogens is 2. The number of aryl methyl sites for hydroxylation is 2. The lowest BCUT2D eigenvalue weighted by Gasteiger charge is -2.11. The Hall–Kier alpha value is -1.71. The van der Waals surface area contributed by atoms with E-state index in [0.29, 0.717) is 34.3 Å². The van der Waals surface area contributed by atoms with E-state index >= 15 is 0 Å². The number of methoxy groups -OCH3 is 1. The molecule has 0 heterocycles. The first-order valence-electron chi connectivity index (χ1n) is 6.88. The number of hydrogen-bond donors (Lipinski definition) is 1. The summed E-state index contributed by atoms with van der Waals surface area (Å²) in [6.45, 7) is 1.96. The van der Waals surface area contributed by atoms with Gasteiger partial charge in [-0.15, -0.1) is 0 Å². The Morgan fingerprint density at radius 3 is 2.73 bits per heavy atom. The van der Waals surface area contributed by atoms with Crippen LogP contribution in [0.1, 0.15) is 17.5 Å². The van der Waals surface area contributed by atoms with E-state index in [-0.39, 0.29) is 5.91 Å². The number of amides is 1. The zero-order chi connectivity index (χ0) is 16.1. The summed E-state index contributed by atoms with van der Waals surface area (Å²) in [6.07, 6.45) is 0.844. The van der Waals surface area contributed by atoms with Gasteiger partial charge < -0.3 is 10.1 Å². The average Bonchev–Trinajstić information content (AvgIpc) is 2.49. The van der Waals surface area contributed by atoms with Crippen LogP contribution in [0.25, 0.3) is 0 Å². The number of nitrogens with one attached hydrogen (secondary N) is 1. The van der Waals surface area contributed by atoms with Gasteiger partial charge in [0.1, 0.15) is 5.75 Å². The van der Waals surface area contributed by atoms with Crippen LogP contribution in [0.15, 0.2) is 36.4 Å². The Morgan fingerprint density at radius 2 is 2.00 bits per heavy atom. The van der Waals surface area contributed by atoms with Gasteiger partial charge in [0.05, 0.1) is 22.8 Å². The van der Waals surface area contributed by atoms with Crippen LogP contribution in [0.5, 0.6) is 5.75 Å². The highest BCUT2D eigenvalue weighted by atomic mass is 35.5. The second-order valence-corrected chi connectivity index (χ2v) is 5.75. The van der Waals surface area contributed by atoms with Crippen molar-refractivity contribution in [3.05, 3.63) is 57.6 Å². The highest BCUT2D eigenvalue weighted by Crippen LogP contribution is 2.27. The maximum absolute atomic E-state index is 12.1. The molecule has 0 aliphatic rings. The zero-order valence-corrected chi connectivity index (χ0v) is 14.0. The van der Waals surface area contributed by atoms with E-state index in [1.54, 1.807) is 13.2 Å². The lowest BCUT2D eigenvalue weighted by Crippen LogP contribution is -2.13. The molecular weight excluding hydrogens is 321 g/mol. The third kappa shape index (κ3) is 4.15. The second-order valence-electron chi connectivity index (χ2n) is 4.96. The topological polar surface area (TPSA) is 38.3 Å². The van der Waals surface area contributed by atoms with Gasteiger partial charge in [0.25, 0.3) is 0 Å². The highest BCUT2D eigenvalue weighted by Gasteiger charge is 2.10. The second kappa shape index (κ2) is 7.52. The zero-order valence-electron chi connectivity index (χ0n) is 12.5. The highest BCUT2D eigenvalue weighted by molar-refractivity contribution is 6.42. The molecule has 1 amide bonds. The van der Waals surface area contributed by atoms with Crippen molar-refractivity contribution in [2.24, 2.45) is 0 Å². The molecule has 0 fully saturated rings. The maximum atomic E-state index is 12.1. The van der Waals surface area contributed by atoms with Crippen LogP contribution in [0.4, 0.5) is 5.69 Å². The van der Waals surface area contributed by atoms with E-state index in [9.17, 15) is 4.79 Å². The van der Waals surface area contributed by atoms with Crippen LogP contribution in [0.2, 0.25) is 10.0 Å². The molecule has 0 saturated heterocycles. The van der Waals surface area contributed by atoms with Gasteiger partial charge in [-0.05, 0) is 42.7 Å². The first-order chi connectivity index (χ1) is 10.5. The van der Waals surface area contributed by atoms with E-state index in [2.05, 4.69) is 5.32 Å². The quantitative estimate of drug-likeness (QED) is 0.844. The molecule has 0 unspecified atom stereocenters. The standard InChI is InChI=1S/C17H17Cl2NO2/c1-11-6-8-15(22-2)14(10-11)20-16(21)9-7-12-4-3-5-13(18)17(12)19/h3-6,8,10H,7,9H2,1-2H3,(H,20,21). The molecule has 5 heteroatoms. The van der Waals surface area contributed by atoms with Crippen LogP contribution in [-0.2, 0) is 11.2 Å². The van der Waals surface area contributed by atoms with E-state index in [1.165, 1.54) is 0 Å². The molecular formula is C17H17Cl2NO2. The SMILES string of the molecule is COc1ccc(C)cc1NC(=O)CCc1cccc(Cl)c1Cl. The molecule has 0 atom stereocenters. The third-order valence-corrected chi connectivity index (χ3v) is 4.14. The van der Waals surface area contributed by atoms with Crippen LogP contribution in [0.3, 0.4) is 0 Å². The van der Waals surface area contributed by atoms with Crippen molar-refractivity contribution in [3.63, 3.8) is 0 Å². The fourth-order valence-corrected chi connectivity index (χ4v) is 2.54. The molecule has 1 N–H and O–H groups in total. The molecule has 0 aliphatic carbocycles. The molecule has 2 aromatic rings. The van der Waals surface area contributed by atoms with E-state index in [4.69, 9.17) is 27.9 Å². The molecule has 0 radical (unpaired) electrons. The molecule has 3 nitrogen and oxygen atoms in total. The summed E-state index contributed by atoms with van der Waals surface area (Å²) in [5, 5.41) is 3.87. The van der Waals surface area contributed by atoms with Gasteiger partial charge >= 0.3 is 0 Å². The van der Waals surface area contributed by atoms with Gasteiger partial charge in [-0.1, -0.05) is 41.4 Å². The fourth-order valence-electron chi connectivity index (χ4n) is 2.12. The summed E-state index contributed by atoms with van der Waals surface area (Å²) in [5.74, 6) is 0.541. The maximum Gasteiger partial charge on any atom is 0.224 e. The monoisotopic (exact) mass is 337 g/mol. The van der Waals surface area contributed by atoms with E-state index < -0.39 is 0 Å². The minimum atomic E-state index is -0.0973. The molecule has 2 rings (SSSR count). The predicted molar refractivity (Wildman–Crippen MR) is 91.1 cm³/mol. The van der Waals surface area contributed by atoms with Crippen molar-refractivity contribution < 1.29 is 9.53 Å². The van der Waals surface area contributed by atoms with Crippen molar-refractivity contribution in [2.75, 3.05) is 12.4 Å². The summed E-state index contributed by atoms with van der Waals surface area (Å²) < 4.78 is 5.25. The minimum absolute atomic E-state index is 0.0973. The molecule has 0 aromatic heterocycles. The Kier molecular flexibility index (Phi) is 5.69. The summed E-state index contributed by atoms with van der Waals surface area (Å²) in [6, 6.07) is 11.1. The van der Waals surface area contributed by atoms with Crippen molar-refractivity contribution >= 4 is 34.8 Å². The average molecular weight is 338 g/mol. The number of carbonyl (C=O) groups is 1. The van der Waals surface area contributed by atoms with Gasteiger partial charge in [0.15, 0.2) is 0 Å². The smallest absolute Gasteiger partial charge is 0.224 e. The van der Waals surface area contributed by atoms with E-state index in [1.807, 2.05) is 37.3 Å². The molecule has 2 aromatic carbocycles. The van der Waals surface area contributed by atoms with Crippen molar-refractivity contribution in [2.45, 2.75) is 19.8 Å². The number of carbonyl (C=O) groups excluding carboxylic acids is 1. The number of ether oxygens (including phenoxy) is 1. The Labute approximate surface area is 140 Å². The van der Waals surface area contributed by atoms with Crippen molar-refractivity contribution in [1.29, 1.82) is 0 Å². The lowest BCUT2D eigenvalue weighted by atomic mass is 10.1. The van der Waals surface area contributed by atoms with Gasteiger partial charge in [0, 0.05) is 6.42 Å². The first kappa shape index (κ1) is 16.7. The van der Waals surface area contributed by atoms with Crippen LogP contribution in [-0.4, -0.2) is 13.0 Å². The number of rotatable bonds is 5. The fraction of sp³-hybridized carbons (Fsp3) is 0.235. The van der Waals surface area contributed by atoms with Gasteiger partial charge in [-0.3, -0.25) is 4.79 Å². The molecule has 0 aliphatic heterocycles. The number of anilines is 1. The van der Waals surface area contributed by atoms with Gasteiger partial charge in [-0.2, -0.15) is 0 Å². The largest absolute Gasteiger partial charge is 0.495 e. The minimum Gasteiger partial charge on any atom is -0.495 e. The Morgan fingerprint density at radius 1 is 1.23 bits per heavy atom. The molecule has 0 spiro atoms. The first-order valence-corrected chi connectivity index (χ1v) is 7.64. The van der Waals surface area contributed by atoms with Crippen LogP contribution < -0.4 is 10.1 Å². The molecule has 0 bridgehead atoms. The molecule has 116 valence electrons. The van der Waals surface area contributed by atoms with Crippen molar-refractivity contribution in [1.82, 2.24) is 0 Å². The summed E-state index contributed by atoms with van der Waals surface area (Å²) in [4.78, 5) is 12.1. The lowest BCUT2D eigenvalue weighted by molar-refractivity contribution is -0.116. The Bertz CT molecular complexity index is 686. The Balaban J connectivity index is 2.02. The summed E-state index contributed by atoms with van der Waals surface area (Å²) in [7, 11) is 1.58. The van der Waals surface area contributed by atoms with Crippen LogP contribution in [0, 0.1) is 6.92 Å². The predicted octanol–water partition coefficient (Wildman–Crippen LogP) is 4.88.